The van der Waals surface area contributed by atoms with Gasteiger partial charge in [-0.05, 0) is 63.2 Å². The van der Waals surface area contributed by atoms with Gasteiger partial charge in [-0.2, -0.15) is 0 Å². The van der Waals surface area contributed by atoms with E-state index < -0.39 is 0 Å². The molecule has 0 aromatic heterocycles. The van der Waals surface area contributed by atoms with Crippen LogP contribution in [0.15, 0.2) is 59.8 Å². The standard InChI is InChI=1S/C28H30N4O3/c1-18(2)24-14-25(27(33)15-26(24)30-35)28(34)32-16-21-4-3-20(13-22(21)17-32)19-5-7-23(8-6-19)31-11-9-29-10-12-31/h3-8,13-15,18,29,33H,9-12,16-17H2,1-2H3. The van der Waals surface area contributed by atoms with Gasteiger partial charge in [0.15, 0.2) is 0 Å². The number of aromatic hydroxyl groups is 1. The second-order valence-corrected chi connectivity index (χ2v) is 9.60. The molecule has 2 aliphatic heterocycles. The summed E-state index contributed by atoms with van der Waals surface area (Å²) < 4.78 is 0. The molecule has 0 bridgehead atoms. The van der Waals surface area contributed by atoms with Crippen molar-refractivity contribution in [1.82, 2.24) is 10.2 Å². The molecule has 1 saturated heterocycles. The van der Waals surface area contributed by atoms with E-state index >= 15 is 0 Å². The smallest absolute Gasteiger partial charge is 0.258 e. The fourth-order valence-electron chi connectivity index (χ4n) is 4.98. The number of nitrogens with one attached hydrogen (secondary N) is 1. The Morgan fingerprint density at radius 3 is 2.31 bits per heavy atom. The molecule has 2 N–H and O–H groups in total. The molecule has 3 aromatic carbocycles. The van der Waals surface area contributed by atoms with E-state index in [0.717, 1.165) is 48.4 Å². The Kier molecular flexibility index (Phi) is 6.26. The first-order valence-electron chi connectivity index (χ1n) is 12.1. The summed E-state index contributed by atoms with van der Waals surface area (Å²) in [5, 5.41) is 16.8. The number of fused-ring (bicyclic) bond motifs is 1. The number of anilines is 1. The monoisotopic (exact) mass is 470 g/mol. The van der Waals surface area contributed by atoms with E-state index in [4.69, 9.17) is 0 Å². The van der Waals surface area contributed by atoms with Gasteiger partial charge in [0.05, 0.1) is 5.56 Å². The minimum atomic E-state index is -0.250. The first-order chi connectivity index (χ1) is 16.9. The lowest BCUT2D eigenvalue weighted by Gasteiger charge is -2.29. The van der Waals surface area contributed by atoms with Crippen molar-refractivity contribution in [2.24, 2.45) is 5.18 Å². The second kappa shape index (κ2) is 9.50. The summed E-state index contributed by atoms with van der Waals surface area (Å²) in [6, 6.07) is 17.9. The van der Waals surface area contributed by atoms with Gasteiger partial charge >= 0.3 is 0 Å². The van der Waals surface area contributed by atoms with Crippen molar-refractivity contribution in [2.75, 3.05) is 31.1 Å². The first-order valence-corrected chi connectivity index (χ1v) is 12.1. The van der Waals surface area contributed by atoms with Gasteiger partial charge in [-0.1, -0.05) is 38.1 Å². The van der Waals surface area contributed by atoms with Crippen LogP contribution in [0.4, 0.5) is 11.4 Å². The van der Waals surface area contributed by atoms with Crippen molar-refractivity contribution in [3.8, 4) is 16.9 Å². The summed E-state index contributed by atoms with van der Waals surface area (Å²) in [5.41, 5.74) is 6.76. The molecular formula is C28H30N4O3. The highest BCUT2D eigenvalue weighted by Gasteiger charge is 2.27. The Bertz CT molecular complexity index is 1260. The topological polar surface area (TPSA) is 85.2 Å². The number of carbonyl (C=O) groups is 1. The summed E-state index contributed by atoms with van der Waals surface area (Å²) in [7, 11) is 0. The normalized spacial score (nSPS) is 15.4. The van der Waals surface area contributed by atoms with Gasteiger partial charge in [-0.25, -0.2) is 0 Å². The Balaban J connectivity index is 1.34. The summed E-state index contributed by atoms with van der Waals surface area (Å²) in [5.74, 6) is -0.457. The van der Waals surface area contributed by atoms with E-state index in [2.05, 4.69) is 57.9 Å². The number of phenols is 1. The van der Waals surface area contributed by atoms with Crippen LogP contribution in [0.1, 0.15) is 46.8 Å². The van der Waals surface area contributed by atoms with E-state index in [1.165, 1.54) is 11.8 Å². The molecule has 0 saturated carbocycles. The number of hydrogen-bond acceptors (Lipinski definition) is 6. The maximum atomic E-state index is 13.3. The number of amides is 1. The molecule has 180 valence electrons. The second-order valence-electron chi connectivity index (χ2n) is 9.60. The van der Waals surface area contributed by atoms with Crippen LogP contribution in [0.3, 0.4) is 0 Å². The van der Waals surface area contributed by atoms with Crippen molar-refractivity contribution in [2.45, 2.75) is 32.9 Å². The third-order valence-corrected chi connectivity index (χ3v) is 6.99. The number of phenolic OH excluding ortho intramolecular Hbond substituents is 1. The van der Waals surface area contributed by atoms with Gasteiger partial charge in [0, 0.05) is 51.0 Å². The summed E-state index contributed by atoms with van der Waals surface area (Å²) in [4.78, 5) is 28.6. The molecule has 7 heteroatoms. The van der Waals surface area contributed by atoms with Crippen LogP contribution in [0, 0.1) is 4.91 Å². The van der Waals surface area contributed by atoms with Crippen LogP contribution < -0.4 is 10.2 Å². The zero-order chi connectivity index (χ0) is 24.5. The number of nitrogens with zero attached hydrogens (tertiary/aromatic N) is 3. The van der Waals surface area contributed by atoms with Gasteiger partial charge in [0.2, 0.25) is 0 Å². The van der Waals surface area contributed by atoms with E-state index in [9.17, 15) is 14.8 Å². The Hall–Kier alpha value is -3.71. The molecule has 0 radical (unpaired) electrons. The van der Waals surface area contributed by atoms with Crippen LogP contribution in [-0.2, 0) is 13.1 Å². The summed E-state index contributed by atoms with van der Waals surface area (Å²) in [6.07, 6.45) is 0. The van der Waals surface area contributed by atoms with Gasteiger partial charge < -0.3 is 20.2 Å². The molecule has 0 spiro atoms. The molecule has 2 heterocycles. The molecule has 0 atom stereocenters. The molecule has 35 heavy (non-hydrogen) atoms. The van der Waals surface area contributed by atoms with Gasteiger partial charge in [-0.15, -0.1) is 4.91 Å². The molecule has 5 rings (SSSR count). The molecule has 1 fully saturated rings. The predicted octanol–water partition coefficient (Wildman–Crippen LogP) is 5.15. The molecule has 0 unspecified atom stereocenters. The van der Waals surface area contributed by atoms with Crippen molar-refractivity contribution in [3.05, 3.63) is 81.8 Å². The molecule has 0 aliphatic carbocycles. The Morgan fingerprint density at radius 1 is 0.943 bits per heavy atom. The van der Waals surface area contributed by atoms with Crippen LogP contribution >= 0.6 is 0 Å². The van der Waals surface area contributed by atoms with Crippen LogP contribution in [-0.4, -0.2) is 42.1 Å². The quantitative estimate of drug-likeness (QED) is 0.504. The fraction of sp³-hybridized carbons (Fsp3) is 0.321. The molecule has 2 aliphatic rings. The average Bonchev–Trinajstić information content (AvgIpc) is 3.32. The lowest BCUT2D eigenvalue weighted by atomic mass is 9.97. The third-order valence-electron chi connectivity index (χ3n) is 6.99. The zero-order valence-corrected chi connectivity index (χ0v) is 20.1. The highest BCUT2D eigenvalue weighted by atomic mass is 16.3. The third kappa shape index (κ3) is 4.51. The molecule has 1 amide bonds. The maximum Gasteiger partial charge on any atom is 0.258 e. The molecule has 7 nitrogen and oxygen atoms in total. The average molecular weight is 471 g/mol. The van der Waals surface area contributed by atoms with Crippen LogP contribution in [0.25, 0.3) is 11.1 Å². The maximum absolute atomic E-state index is 13.3. The Labute approximate surface area is 205 Å². The fourth-order valence-corrected chi connectivity index (χ4v) is 4.98. The van der Waals surface area contributed by atoms with Gasteiger partial charge in [-0.3, -0.25) is 4.79 Å². The summed E-state index contributed by atoms with van der Waals surface area (Å²) >= 11 is 0. The van der Waals surface area contributed by atoms with E-state index in [1.54, 1.807) is 11.0 Å². The van der Waals surface area contributed by atoms with Crippen LogP contribution in [0.5, 0.6) is 5.75 Å². The Morgan fingerprint density at radius 2 is 1.63 bits per heavy atom. The van der Waals surface area contributed by atoms with Gasteiger partial charge in [0.25, 0.3) is 5.91 Å². The number of rotatable bonds is 5. The minimum Gasteiger partial charge on any atom is -0.507 e. The highest BCUT2D eigenvalue weighted by molar-refractivity contribution is 5.98. The van der Waals surface area contributed by atoms with Crippen LogP contribution in [0.2, 0.25) is 0 Å². The lowest BCUT2D eigenvalue weighted by Crippen LogP contribution is -2.43. The van der Waals surface area contributed by atoms with E-state index in [0.29, 0.717) is 18.7 Å². The predicted molar refractivity (Wildman–Crippen MR) is 138 cm³/mol. The van der Waals surface area contributed by atoms with E-state index in [-0.39, 0.29) is 28.8 Å². The van der Waals surface area contributed by atoms with Crippen molar-refractivity contribution in [1.29, 1.82) is 0 Å². The minimum absolute atomic E-state index is 0.00570. The highest BCUT2D eigenvalue weighted by Crippen LogP contribution is 2.36. The van der Waals surface area contributed by atoms with E-state index in [1.807, 2.05) is 13.8 Å². The lowest BCUT2D eigenvalue weighted by molar-refractivity contribution is 0.0748. The number of nitroso groups, excluding NO2 is 1. The van der Waals surface area contributed by atoms with Crippen molar-refractivity contribution in [3.63, 3.8) is 0 Å². The zero-order valence-electron chi connectivity index (χ0n) is 20.1. The summed E-state index contributed by atoms with van der Waals surface area (Å²) in [6.45, 7) is 8.88. The van der Waals surface area contributed by atoms with Gasteiger partial charge in [0.1, 0.15) is 11.4 Å². The molecule has 3 aromatic rings. The number of benzene rings is 3. The first kappa shape index (κ1) is 23.1. The molecular weight excluding hydrogens is 440 g/mol. The number of carbonyl (C=O) groups excluding carboxylic acids is 1. The largest absolute Gasteiger partial charge is 0.507 e. The van der Waals surface area contributed by atoms with Crippen molar-refractivity contribution < 1.29 is 9.90 Å². The number of hydrogen-bond donors (Lipinski definition) is 2. The number of piperazine rings is 1. The van der Waals surface area contributed by atoms with Crippen molar-refractivity contribution >= 4 is 17.3 Å². The SMILES string of the molecule is CC(C)c1cc(C(=O)N2Cc3ccc(-c4ccc(N5CCNCC5)cc4)cc3C2)c(O)cc1N=O.